The summed E-state index contributed by atoms with van der Waals surface area (Å²) in [4.78, 5) is 23.8. The molecule has 0 aromatic carbocycles. The van der Waals surface area contributed by atoms with Gasteiger partial charge in [-0.1, -0.05) is 0 Å². The number of aromatic nitrogens is 2. The molecule has 2 saturated heterocycles. The summed E-state index contributed by atoms with van der Waals surface area (Å²) in [6.45, 7) is 2.58. The number of nitrogen functional groups attached to an aromatic ring is 1. The van der Waals surface area contributed by atoms with Crippen molar-refractivity contribution >= 4 is 17.7 Å². The van der Waals surface area contributed by atoms with E-state index < -0.39 is 11.4 Å². The average Bonchev–Trinajstić information content (AvgIpc) is 2.82. The molecule has 0 bridgehead atoms. The molecule has 0 amide bonds. The molecule has 0 aliphatic carbocycles. The van der Waals surface area contributed by atoms with Crippen LogP contribution >= 0.6 is 0 Å². The second-order valence-electron chi connectivity index (χ2n) is 5.51. The second-order valence-corrected chi connectivity index (χ2v) is 5.51. The number of fused-ring (bicyclic) bond motifs is 1. The van der Waals surface area contributed by atoms with Gasteiger partial charge in [0.25, 0.3) is 0 Å². The molecule has 2 fully saturated rings. The van der Waals surface area contributed by atoms with E-state index in [4.69, 9.17) is 5.73 Å². The first-order valence-electron chi connectivity index (χ1n) is 6.27. The highest BCUT2D eigenvalue weighted by Crippen LogP contribution is 2.43. The number of hydrogen-bond donors (Lipinski definition) is 2. The normalized spacial score (nSPS) is 30.6. The summed E-state index contributed by atoms with van der Waals surface area (Å²) < 4.78 is 0. The molecule has 2 aliphatic heterocycles. The Morgan fingerprint density at radius 2 is 2.32 bits per heavy atom. The number of rotatable bonds is 2. The average molecular weight is 263 g/mol. The molecule has 3 heterocycles. The van der Waals surface area contributed by atoms with Crippen LogP contribution < -0.4 is 10.6 Å². The van der Waals surface area contributed by atoms with Gasteiger partial charge >= 0.3 is 5.97 Å². The monoisotopic (exact) mass is 263 g/mol. The van der Waals surface area contributed by atoms with Crippen molar-refractivity contribution in [1.29, 1.82) is 0 Å². The fourth-order valence-corrected chi connectivity index (χ4v) is 3.33. The Bertz CT molecular complexity index is 523. The third-order valence-corrected chi connectivity index (χ3v) is 4.19. The van der Waals surface area contributed by atoms with Gasteiger partial charge in [-0.15, -0.1) is 0 Å². The second kappa shape index (κ2) is 4.06. The molecule has 102 valence electrons. The first kappa shape index (κ1) is 12.2. The van der Waals surface area contributed by atoms with Gasteiger partial charge in [0.2, 0.25) is 5.95 Å². The SMILES string of the molecule is CN1C[C@H]2CN(c3ccnc(N)n3)C[C@@]2(C(=O)O)C1. The zero-order valence-corrected chi connectivity index (χ0v) is 10.8. The number of carbonyl (C=O) groups is 1. The van der Waals surface area contributed by atoms with Crippen LogP contribution in [0.5, 0.6) is 0 Å². The summed E-state index contributed by atoms with van der Waals surface area (Å²) in [7, 11) is 1.97. The van der Waals surface area contributed by atoms with Gasteiger partial charge in [-0.05, 0) is 13.1 Å². The van der Waals surface area contributed by atoms with E-state index in [0.717, 1.165) is 6.54 Å². The molecule has 1 aromatic heterocycles. The predicted molar refractivity (Wildman–Crippen MR) is 69.7 cm³/mol. The van der Waals surface area contributed by atoms with Crippen LogP contribution in [0, 0.1) is 11.3 Å². The lowest BCUT2D eigenvalue weighted by atomic mass is 9.81. The lowest BCUT2D eigenvalue weighted by molar-refractivity contribution is -0.148. The van der Waals surface area contributed by atoms with E-state index >= 15 is 0 Å². The Kier molecular flexibility index (Phi) is 2.60. The van der Waals surface area contributed by atoms with Crippen molar-refractivity contribution < 1.29 is 9.90 Å². The first-order chi connectivity index (χ1) is 9.01. The van der Waals surface area contributed by atoms with E-state index in [1.54, 1.807) is 12.3 Å². The summed E-state index contributed by atoms with van der Waals surface area (Å²) >= 11 is 0. The van der Waals surface area contributed by atoms with Gasteiger partial charge in [0.05, 0.1) is 0 Å². The Morgan fingerprint density at radius 3 is 2.95 bits per heavy atom. The number of hydrogen-bond acceptors (Lipinski definition) is 6. The largest absolute Gasteiger partial charge is 0.481 e. The quantitative estimate of drug-likeness (QED) is 0.743. The standard InChI is InChI=1S/C12H17N5O2/c1-16-4-8-5-17(7-12(8,6-16)10(18)19)9-2-3-14-11(13)15-9/h2-3,8H,4-7H2,1H3,(H,18,19)(H2,13,14,15)/t8-,12-/m0/s1. The lowest BCUT2D eigenvalue weighted by Gasteiger charge is -2.24. The molecule has 7 nitrogen and oxygen atoms in total. The van der Waals surface area contributed by atoms with Crippen molar-refractivity contribution in [2.75, 3.05) is 43.9 Å². The number of carboxylic acid groups (broad SMARTS) is 1. The van der Waals surface area contributed by atoms with Gasteiger partial charge in [-0.2, -0.15) is 4.98 Å². The summed E-state index contributed by atoms with van der Waals surface area (Å²) in [5.41, 5.74) is 4.90. The fraction of sp³-hybridized carbons (Fsp3) is 0.583. The molecule has 0 saturated carbocycles. The van der Waals surface area contributed by atoms with E-state index in [1.807, 2.05) is 11.9 Å². The van der Waals surface area contributed by atoms with Gasteiger partial charge in [-0.3, -0.25) is 4.79 Å². The molecule has 0 radical (unpaired) electrons. The third kappa shape index (κ3) is 1.81. The van der Waals surface area contributed by atoms with E-state index in [0.29, 0.717) is 25.5 Å². The lowest BCUT2D eigenvalue weighted by Crippen LogP contribution is -2.40. The van der Waals surface area contributed by atoms with E-state index in [-0.39, 0.29) is 11.9 Å². The maximum absolute atomic E-state index is 11.7. The summed E-state index contributed by atoms with van der Waals surface area (Å²) in [5.74, 6) is 0.346. The summed E-state index contributed by atoms with van der Waals surface area (Å²) in [6, 6.07) is 1.77. The maximum atomic E-state index is 11.7. The van der Waals surface area contributed by atoms with Gasteiger partial charge in [0.15, 0.2) is 0 Å². The summed E-state index contributed by atoms with van der Waals surface area (Å²) in [5, 5.41) is 9.60. The Hall–Kier alpha value is -1.89. The molecule has 7 heteroatoms. The van der Waals surface area contributed by atoms with Crippen LogP contribution in [-0.4, -0.2) is 59.2 Å². The third-order valence-electron chi connectivity index (χ3n) is 4.19. The van der Waals surface area contributed by atoms with Crippen LogP contribution in [0.1, 0.15) is 0 Å². The van der Waals surface area contributed by atoms with Crippen LogP contribution in [0.15, 0.2) is 12.3 Å². The summed E-state index contributed by atoms with van der Waals surface area (Å²) in [6.07, 6.45) is 1.60. The number of nitrogens with two attached hydrogens (primary N) is 1. The number of aliphatic carboxylic acids is 1. The highest BCUT2D eigenvalue weighted by molar-refractivity contribution is 5.78. The Balaban J connectivity index is 1.89. The van der Waals surface area contributed by atoms with Gasteiger partial charge < -0.3 is 20.6 Å². The Labute approximate surface area is 111 Å². The maximum Gasteiger partial charge on any atom is 0.313 e. The molecule has 2 aliphatic rings. The first-order valence-corrected chi connectivity index (χ1v) is 6.27. The highest BCUT2D eigenvalue weighted by atomic mass is 16.4. The smallest absolute Gasteiger partial charge is 0.313 e. The number of anilines is 2. The molecular formula is C12H17N5O2. The van der Waals surface area contributed by atoms with Crippen LogP contribution in [0.4, 0.5) is 11.8 Å². The van der Waals surface area contributed by atoms with Crippen molar-refractivity contribution in [1.82, 2.24) is 14.9 Å². The van der Waals surface area contributed by atoms with Crippen LogP contribution in [0.2, 0.25) is 0 Å². The van der Waals surface area contributed by atoms with Crippen LogP contribution in [-0.2, 0) is 4.79 Å². The van der Waals surface area contributed by atoms with Gasteiger partial charge in [0, 0.05) is 38.3 Å². The van der Waals surface area contributed by atoms with E-state index in [1.165, 1.54) is 0 Å². The number of likely N-dealkylation sites (tertiary alicyclic amines) is 1. The highest BCUT2D eigenvalue weighted by Gasteiger charge is 2.57. The zero-order valence-electron chi connectivity index (χ0n) is 10.8. The van der Waals surface area contributed by atoms with E-state index in [9.17, 15) is 9.90 Å². The number of nitrogens with zero attached hydrogens (tertiary/aromatic N) is 4. The molecule has 2 atom stereocenters. The van der Waals surface area contributed by atoms with Crippen molar-refractivity contribution in [2.45, 2.75) is 0 Å². The van der Waals surface area contributed by atoms with Crippen molar-refractivity contribution in [3.8, 4) is 0 Å². The minimum absolute atomic E-state index is 0.131. The zero-order chi connectivity index (χ0) is 13.6. The molecule has 3 N–H and O–H groups in total. The predicted octanol–water partition coefficient (Wildman–Crippen LogP) is -0.489. The topological polar surface area (TPSA) is 95.6 Å². The van der Waals surface area contributed by atoms with E-state index in [2.05, 4.69) is 14.9 Å². The van der Waals surface area contributed by atoms with Crippen LogP contribution in [0.3, 0.4) is 0 Å². The van der Waals surface area contributed by atoms with Crippen LogP contribution in [0.25, 0.3) is 0 Å². The Morgan fingerprint density at radius 1 is 1.53 bits per heavy atom. The minimum atomic E-state index is -0.716. The molecule has 0 unspecified atom stereocenters. The van der Waals surface area contributed by atoms with Gasteiger partial charge in [-0.25, -0.2) is 4.98 Å². The fourth-order valence-electron chi connectivity index (χ4n) is 3.33. The minimum Gasteiger partial charge on any atom is -0.481 e. The number of carboxylic acids is 1. The molecule has 1 aromatic rings. The van der Waals surface area contributed by atoms with Crippen molar-refractivity contribution in [2.24, 2.45) is 11.3 Å². The molecular weight excluding hydrogens is 246 g/mol. The molecule has 0 spiro atoms. The van der Waals surface area contributed by atoms with Crippen molar-refractivity contribution in [3.63, 3.8) is 0 Å². The van der Waals surface area contributed by atoms with Crippen molar-refractivity contribution in [3.05, 3.63) is 12.3 Å². The molecule has 3 rings (SSSR count). The van der Waals surface area contributed by atoms with Gasteiger partial charge in [0.1, 0.15) is 11.2 Å². The molecule has 19 heavy (non-hydrogen) atoms.